The maximum absolute atomic E-state index is 13.8. The predicted octanol–water partition coefficient (Wildman–Crippen LogP) is 3.91. The SMILES string of the molecule is C[C@]12C[C@@H](c3ccccc3O1)n1c(s/c(=C\c3ccc(OCc4ccc(F)cc4F)o3)c1=O)=N2. The number of aromatic nitrogens is 1. The molecule has 0 saturated carbocycles. The summed E-state index contributed by atoms with van der Waals surface area (Å²) in [5, 5.41) is 0. The van der Waals surface area contributed by atoms with Gasteiger partial charge < -0.3 is 13.9 Å². The molecule has 0 radical (unpaired) electrons. The number of furan rings is 1. The standard InChI is InChI=1S/C25H18F2N2O4S/c1-25-12-19(17-4-2-3-5-20(17)33-25)29-23(30)21(34-24(29)28-25)11-16-8-9-22(32-16)31-13-14-6-7-15(26)10-18(14)27/h2-11,19H,12-13H2,1H3/b21-11-/t19-,25+/m0/s1. The van der Waals surface area contributed by atoms with Crippen LogP contribution in [0, 0.1) is 11.6 Å². The van der Waals surface area contributed by atoms with Crippen LogP contribution in [0.4, 0.5) is 8.78 Å². The quantitative estimate of drug-likeness (QED) is 0.444. The molecular weight excluding hydrogens is 462 g/mol. The Labute approximate surface area is 196 Å². The molecule has 0 aliphatic carbocycles. The Kier molecular flexibility index (Phi) is 4.70. The smallest absolute Gasteiger partial charge is 0.285 e. The molecule has 34 heavy (non-hydrogen) atoms. The minimum Gasteiger partial charge on any atom is -0.466 e. The van der Waals surface area contributed by atoms with Crippen LogP contribution < -0.4 is 24.4 Å². The van der Waals surface area contributed by atoms with Gasteiger partial charge in [0.1, 0.15) is 29.8 Å². The molecule has 6 nitrogen and oxygen atoms in total. The largest absolute Gasteiger partial charge is 0.466 e. The van der Waals surface area contributed by atoms with E-state index in [2.05, 4.69) is 0 Å². The maximum atomic E-state index is 13.8. The van der Waals surface area contributed by atoms with Crippen molar-refractivity contribution in [2.24, 2.45) is 4.99 Å². The van der Waals surface area contributed by atoms with Crippen molar-refractivity contribution in [2.75, 3.05) is 0 Å². The van der Waals surface area contributed by atoms with Gasteiger partial charge in [-0.1, -0.05) is 29.5 Å². The average Bonchev–Trinajstić information content (AvgIpc) is 3.36. The minimum atomic E-state index is -0.727. The van der Waals surface area contributed by atoms with Gasteiger partial charge in [-0.05, 0) is 31.2 Å². The first-order valence-corrected chi connectivity index (χ1v) is 11.5. The second-order valence-corrected chi connectivity index (χ2v) is 9.41. The zero-order chi connectivity index (χ0) is 23.4. The summed E-state index contributed by atoms with van der Waals surface area (Å²) in [6, 6.07) is 14.1. The van der Waals surface area contributed by atoms with Crippen molar-refractivity contribution in [2.45, 2.75) is 31.7 Å². The molecule has 0 spiro atoms. The molecule has 0 N–H and O–H groups in total. The predicted molar refractivity (Wildman–Crippen MR) is 121 cm³/mol. The molecule has 0 amide bonds. The van der Waals surface area contributed by atoms with E-state index in [0.29, 0.717) is 21.5 Å². The van der Waals surface area contributed by atoms with Gasteiger partial charge in [-0.25, -0.2) is 13.8 Å². The molecule has 4 heterocycles. The van der Waals surface area contributed by atoms with Crippen molar-refractivity contribution in [1.82, 2.24) is 4.57 Å². The fourth-order valence-corrected chi connectivity index (χ4v) is 5.45. The highest BCUT2D eigenvalue weighted by molar-refractivity contribution is 7.07. The first-order valence-electron chi connectivity index (χ1n) is 10.7. The lowest BCUT2D eigenvalue weighted by molar-refractivity contribution is 0.0410. The number of halogens is 2. The molecule has 9 heteroatoms. The summed E-state index contributed by atoms with van der Waals surface area (Å²) < 4.78 is 46.3. The van der Waals surface area contributed by atoms with E-state index in [0.717, 1.165) is 17.4 Å². The summed E-state index contributed by atoms with van der Waals surface area (Å²) in [6.07, 6.45) is 2.21. The van der Waals surface area contributed by atoms with Crippen LogP contribution in [0.3, 0.4) is 0 Å². The molecule has 172 valence electrons. The summed E-state index contributed by atoms with van der Waals surface area (Å²) in [5.41, 5.74) is 0.287. The van der Waals surface area contributed by atoms with E-state index in [9.17, 15) is 13.6 Å². The van der Waals surface area contributed by atoms with E-state index in [1.807, 2.05) is 31.2 Å². The van der Waals surface area contributed by atoms with Gasteiger partial charge in [-0.15, -0.1) is 0 Å². The molecule has 2 aromatic carbocycles. The van der Waals surface area contributed by atoms with Crippen molar-refractivity contribution in [1.29, 1.82) is 0 Å². The van der Waals surface area contributed by atoms with Crippen LogP contribution in [0.15, 0.2) is 68.8 Å². The van der Waals surface area contributed by atoms with Gasteiger partial charge in [0.25, 0.3) is 11.5 Å². The minimum absolute atomic E-state index is 0.117. The van der Waals surface area contributed by atoms with Gasteiger partial charge in [-0.3, -0.25) is 9.36 Å². The second-order valence-electron chi connectivity index (χ2n) is 8.40. The van der Waals surface area contributed by atoms with Gasteiger partial charge in [0.05, 0.1) is 10.6 Å². The number of thiazole rings is 1. The first-order chi connectivity index (χ1) is 16.4. The summed E-state index contributed by atoms with van der Waals surface area (Å²) >= 11 is 1.27. The molecular formula is C25H18F2N2O4S. The zero-order valence-corrected chi connectivity index (χ0v) is 18.8. The fraction of sp³-hybridized carbons (Fsp3) is 0.200. The summed E-state index contributed by atoms with van der Waals surface area (Å²) in [4.78, 5) is 18.6. The summed E-state index contributed by atoms with van der Waals surface area (Å²) in [5.74, 6) is -0.0299. The normalized spacial score (nSPS) is 20.8. The van der Waals surface area contributed by atoms with Gasteiger partial charge in [-0.2, -0.15) is 0 Å². The van der Waals surface area contributed by atoms with Crippen LogP contribution in [0.5, 0.6) is 11.7 Å². The van der Waals surface area contributed by atoms with Crippen LogP contribution in [0.1, 0.15) is 36.3 Å². The van der Waals surface area contributed by atoms with E-state index in [4.69, 9.17) is 18.9 Å². The molecule has 2 aromatic heterocycles. The first kappa shape index (κ1) is 20.9. The van der Waals surface area contributed by atoms with Gasteiger partial charge >= 0.3 is 0 Å². The number of ether oxygens (including phenoxy) is 2. The number of nitrogens with zero attached hydrogens (tertiary/aromatic N) is 2. The highest BCUT2D eigenvalue weighted by Crippen LogP contribution is 2.42. The lowest BCUT2D eigenvalue weighted by atomic mass is 9.93. The number of para-hydroxylation sites is 1. The third-order valence-corrected chi connectivity index (χ3v) is 6.90. The van der Waals surface area contributed by atoms with Crippen LogP contribution in [-0.2, 0) is 6.61 Å². The van der Waals surface area contributed by atoms with Crippen LogP contribution in [0.2, 0.25) is 0 Å². The Morgan fingerprint density at radius 2 is 2.09 bits per heavy atom. The number of benzene rings is 2. The molecule has 4 aromatic rings. The van der Waals surface area contributed by atoms with E-state index >= 15 is 0 Å². The number of hydrogen-bond acceptors (Lipinski definition) is 6. The summed E-state index contributed by atoms with van der Waals surface area (Å²) in [6.45, 7) is 1.81. The van der Waals surface area contributed by atoms with E-state index in [1.54, 1.807) is 22.8 Å². The molecule has 2 aliphatic rings. The van der Waals surface area contributed by atoms with Gasteiger partial charge in [0, 0.05) is 35.8 Å². The van der Waals surface area contributed by atoms with E-state index < -0.39 is 17.4 Å². The Morgan fingerprint density at radius 1 is 1.24 bits per heavy atom. The fourth-order valence-electron chi connectivity index (χ4n) is 4.34. The van der Waals surface area contributed by atoms with Crippen LogP contribution in [0.25, 0.3) is 6.08 Å². The van der Waals surface area contributed by atoms with Crippen molar-refractivity contribution < 1.29 is 22.7 Å². The molecule has 0 fully saturated rings. The molecule has 2 bridgehead atoms. The number of fused-ring (bicyclic) bond motifs is 6. The van der Waals surface area contributed by atoms with Gasteiger partial charge in [0.15, 0.2) is 4.80 Å². The Balaban J connectivity index is 1.32. The van der Waals surface area contributed by atoms with Gasteiger partial charge in [0.2, 0.25) is 5.72 Å². The van der Waals surface area contributed by atoms with E-state index in [1.165, 1.54) is 23.5 Å². The monoisotopic (exact) mass is 480 g/mol. The summed E-state index contributed by atoms with van der Waals surface area (Å²) in [7, 11) is 0. The molecule has 0 saturated heterocycles. The third kappa shape index (κ3) is 3.52. The van der Waals surface area contributed by atoms with Crippen molar-refractivity contribution in [3.8, 4) is 11.7 Å². The highest BCUT2D eigenvalue weighted by atomic mass is 32.1. The number of hydrogen-bond donors (Lipinski definition) is 0. The third-order valence-electron chi connectivity index (χ3n) is 5.92. The van der Waals surface area contributed by atoms with E-state index in [-0.39, 0.29) is 29.7 Å². The second kappa shape index (κ2) is 7.66. The molecule has 6 rings (SSSR count). The lowest BCUT2D eigenvalue weighted by Gasteiger charge is -2.39. The molecule has 2 atom stereocenters. The maximum Gasteiger partial charge on any atom is 0.285 e. The number of rotatable bonds is 4. The van der Waals surface area contributed by atoms with Crippen LogP contribution in [-0.4, -0.2) is 10.3 Å². The van der Waals surface area contributed by atoms with Crippen molar-refractivity contribution in [3.05, 3.63) is 103 Å². The lowest BCUT2D eigenvalue weighted by Crippen LogP contribution is -2.49. The Morgan fingerprint density at radius 3 is 2.94 bits per heavy atom. The molecule has 0 unspecified atom stereocenters. The van der Waals surface area contributed by atoms with Crippen LogP contribution >= 0.6 is 11.3 Å². The average molecular weight is 480 g/mol. The topological polar surface area (TPSA) is 66.0 Å². The molecule has 2 aliphatic heterocycles. The highest BCUT2D eigenvalue weighted by Gasteiger charge is 2.42. The Bertz CT molecular complexity index is 1610. The van der Waals surface area contributed by atoms with Crippen molar-refractivity contribution >= 4 is 17.4 Å². The Hall–Kier alpha value is -3.72. The zero-order valence-electron chi connectivity index (χ0n) is 18.0. The van der Waals surface area contributed by atoms with Crippen molar-refractivity contribution in [3.63, 3.8) is 0 Å².